The Morgan fingerprint density at radius 3 is 1.71 bits per heavy atom. The highest BCUT2D eigenvalue weighted by atomic mass is 28.4. The van der Waals surface area contributed by atoms with Crippen molar-refractivity contribution in [1.82, 2.24) is 9.47 Å². The lowest BCUT2D eigenvalue weighted by atomic mass is 10.3. The van der Waals surface area contributed by atoms with Gasteiger partial charge < -0.3 is 18.3 Å². The molecule has 1 rings (SSSR count). The number of hydrogen-bond acceptors (Lipinski definition) is 4. The minimum atomic E-state index is -1.92. The third-order valence-electron chi connectivity index (χ3n) is 6.02. The molecule has 0 amide bonds. The monoisotopic (exact) mass is 374 g/mol. The lowest BCUT2D eigenvalue weighted by molar-refractivity contribution is 0.170. The molecule has 0 atom stereocenters. The maximum Gasteiger partial charge on any atom is 0.334 e. The van der Waals surface area contributed by atoms with Crippen molar-refractivity contribution < 1.29 is 8.85 Å². The maximum absolute atomic E-state index is 5.96. The molecule has 1 aliphatic heterocycles. The minimum absolute atomic E-state index is 0.777. The summed E-state index contributed by atoms with van der Waals surface area (Å²) in [5, 5.41) is 0. The van der Waals surface area contributed by atoms with Crippen molar-refractivity contribution in [3.63, 3.8) is 0 Å². The second kappa shape index (κ2) is 11.1. The van der Waals surface area contributed by atoms with Crippen molar-refractivity contribution >= 4 is 16.8 Å². The molecule has 144 valence electrons. The van der Waals surface area contributed by atoms with Crippen LogP contribution in [-0.4, -0.2) is 72.2 Å². The molecule has 0 aromatic heterocycles. The summed E-state index contributed by atoms with van der Waals surface area (Å²) in [5.41, 5.74) is 0. The normalized spacial score (nSPS) is 18.2. The van der Waals surface area contributed by atoms with E-state index in [1.165, 1.54) is 57.3 Å². The van der Waals surface area contributed by atoms with Crippen LogP contribution in [-0.2, 0) is 8.85 Å². The van der Waals surface area contributed by atoms with E-state index in [0.29, 0.717) is 0 Å². The molecule has 0 saturated carbocycles. The molecule has 6 heteroatoms. The zero-order chi connectivity index (χ0) is 18.1. The Hall–Kier alpha value is 0.274. The van der Waals surface area contributed by atoms with Gasteiger partial charge in [0.1, 0.15) is 8.24 Å². The Labute approximate surface area is 153 Å². The van der Waals surface area contributed by atoms with Gasteiger partial charge in [0.25, 0.3) is 0 Å². The molecular weight excluding hydrogens is 332 g/mol. The summed E-state index contributed by atoms with van der Waals surface area (Å²) in [6.45, 7) is 21.4. The highest BCUT2D eigenvalue weighted by Gasteiger charge is 2.36. The van der Waals surface area contributed by atoms with Gasteiger partial charge in [-0.3, -0.25) is 0 Å². The third-order valence-corrected chi connectivity index (χ3v) is 14.8. The average molecular weight is 375 g/mol. The lowest BCUT2D eigenvalue weighted by Gasteiger charge is -2.46. The fraction of sp³-hybridized carbons (Fsp3) is 1.00. The van der Waals surface area contributed by atoms with Crippen molar-refractivity contribution in [2.24, 2.45) is 0 Å². The number of hydrogen-bond donors (Lipinski definition) is 0. The van der Waals surface area contributed by atoms with E-state index >= 15 is 0 Å². The highest BCUT2D eigenvalue weighted by molar-refractivity contribution is 6.77. The van der Waals surface area contributed by atoms with Crippen LogP contribution in [0.25, 0.3) is 0 Å². The molecule has 0 bridgehead atoms. The van der Waals surface area contributed by atoms with E-state index in [4.69, 9.17) is 8.85 Å². The molecule has 0 radical (unpaired) electrons. The summed E-state index contributed by atoms with van der Waals surface area (Å²) < 4.78 is 14.8. The summed E-state index contributed by atoms with van der Waals surface area (Å²) in [6, 6.07) is 5.35. The van der Waals surface area contributed by atoms with Crippen molar-refractivity contribution in [3.8, 4) is 0 Å². The second-order valence-corrected chi connectivity index (χ2v) is 15.8. The van der Waals surface area contributed by atoms with Crippen molar-refractivity contribution in [2.45, 2.75) is 71.8 Å². The number of piperazine rings is 1. The van der Waals surface area contributed by atoms with Gasteiger partial charge in [0.2, 0.25) is 0 Å². The molecule has 24 heavy (non-hydrogen) atoms. The van der Waals surface area contributed by atoms with E-state index in [2.05, 4.69) is 50.6 Å². The Morgan fingerprint density at radius 1 is 0.792 bits per heavy atom. The van der Waals surface area contributed by atoms with Crippen LogP contribution in [0.4, 0.5) is 0 Å². The average Bonchev–Trinajstić information content (AvgIpc) is 2.58. The van der Waals surface area contributed by atoms with Gasteiger partial charge in [-0.1, -0.05) is 20.8 Å². The number of rotatable bonds is 12. The third kappa shape index (κ3) is 6.21. The van der Waals surface area contributed by atoms with Crippen LogP contribution in [0.3, 0.4) is 0 Å². The molecule has 0 spiro atoms. The zero-order valence-corrected chi connectivity index (χ0v) is 19.2. The van der Waals surface area contributed by atoms with Gasteiger partial charge >= 0.3 is 8.56 Å². The van der Waals surface area contributed by atoms with E-state index in [1.807, 2.05) is 0 Å². The molecule has 1 heterocycles. The summed E-state index contributed by atoms with van der Waals surface area (Å²) in [7, 11) is -3.08. The fourth-order valence-electron chi connectivity index (χ4n) is 4.29. The van der Waals surface area contributed by atoms with Crippen LogP contribution in [0.15, 0.2) is 0 Å². The van der Waals surface area contributed by atoms with Gasteiger partial charge in [-0.15, -0.1) is 0 Å². The van der Waals surface area contributed by atoms with Crippen molar-refractivity contribution in [3.05, 3.63) is 0 Å². The fourth-order valence-corrected chi connectivity index (χ4v) is 10.7. The van der Waals surface area contributed by atoms with E-state index < -0.39 is 16.8 Å². The zero-order valence-electron chi connectivity index (χ0n) is 17.2. The molecule has 1 fully saturated rings. The van der Waals surface area contributed by atoms with Crippen molar-refractivity contribution in [1.29, 1.82) is 0 Å². The molecule has 4 nitrogen and oxygen atoms in total. The summed E-state index contributed by atoms with van der Waals surface area (Å²) in [6.07, 6.45) is 1.21. The summed E-state index contributed by atoms with van der Waals surface area (Å²) >= 11 is 0. The van der Waals surface area contributed by atoms with Crippen molar-refractivity contribution in [2.75, 3.05) is 45.9 Å². The molecule has 0 aromatic carbocycles. The molecule has 0 unspecified atom stereocenters. The van der Waals surface area contributed by atoms with Gasteiger partial charge in [-0.05, 0) is 57.5 Å². The first-order valence-corrected chi connectivity index (χ1v) is 15.3. The van der Waals surface area contributed by atoms with Gasteiger partial charge in [0.05, 0.1) is 0 Å². The largest absolute Gasteiger partial charge is 0.395 e. The van der Waals surface area contributed by atoms with Crippen LogP contribution in [0.2, 0.25) is 30.7 Å². The lowest BCUT2D eigenvalue weighted by Crippen LogP contribution is -2.59. The Morgan fingerprint density at radius 2 is 1.29 bits per heavy atom. The van der Waals surface area contributed by atoms with E-state index in [1.54, 1.807) is 0 Å². The molecule has 0 aromatic rings. The SMILES string of the molecule is CCO[Si](C)(CCCN1CCN([Si](CC)(CC)CC)CC1)OCC. The minimum Gasteiger partial charge on any atom is -0.395 e. The van der Waals surface area contributed by atoms with Crippen LogP contribution >= 0.6 is 0 Å². The maximum atomic E-state index is 5.96. The quantitative estimate of drug-likeness (QED) is 0.479. The highest BCUT2D eigenvalue weighted by Crippen LogP contribution is 2.26. The topological polar surface area (TPSA) is 24.9 Å². The van der Waals surface area contributed by atoms with Crippen LogP contribution in [0.5, 0.6) is 0 Å². The van der Waals surface area contributed by atoms with E-state index in [9.17, 15) is 0 Å². The second-order valence-electron chi connectivity index (χ2n) is 7.22. The Balaban J connectivity index is 2.38. The van der Waals surface area contributed by atoms with E-state index in [0.717, 1.165) is 19.3 Å². The molecule has 1 saturated heterocycles. The van der Waals surface area contributed by atoms with Gasteiger partial charge in [-0.2, -0.15) is 0 Å². The Bertz CT molecular complexity index is 319. The van der Waals surface area contributed by atoms with Gasteiger partial charge in [0, 0.05) is 39.4 Å². The molecule has 0 aliphatic carbocycles. The standard InChI is InChI=1S/C18H42N2O2Si2/c1-7-21-23(6,22-8-2)18-12-13-19-14-16-20(17-15-19)24(9-3,10-4)11-5/h7-18H2,1-6H3. The smallest absolute Gasteiger partial charge is 0.334 e. The van der Waals surface area contributed by atoms with Gasteiger partial charge in [-0.25, -0.2) is 0 Å². The first kappa shape index (κ1) is 22.3. The molecule has 0 N–H and O–H groups in total. The van der Waals surface area contributed by atoms with Crippen LogP contribution in [0.1, 0.15) is 41.0 Å². The number of nitrogens with zero attached hydrogens (tertiary/aromatic N) is 2. The van der Waals surface area contributed by atoms with E-state index in [-0.39, 0.29) is 0 Å². The first-order valence-electron chi connectivity index (χ1n) is 10.2. The predicted octanol–water partition coefficient (Wildman–Crippen LogP) is 4.14. The van der Waals surface area contributed by atoms with Crippen LogP contribution in [0, 0.1) is 0 Å². The predicted molar refractivity (Wildman–Crippen MR) is 110 cm³/mol. The molecule has 1 aliphatic rings. The summed E-state index contributed by atoms with van der Waals surface area (Å²) in [5.74, 6) is 0. The summed E-state index contributed by atoms with van der Waals surface area (Å²) in [4.78, 5) is 2.66. The first-order chi connectivity index (χ1) is 11.5. The van der Waals surface area contributed by atoms with Crippen LogP contribution < -0.4 is 0 Å². The molecular formula is C18H42N2O2Si2. The Kier molecular flexibility index (Phi) is 10.3. The van der Waals surface area contributed by atoms with Gasteiger partial charge in [0.15, 0.2) is 0 Å².